The van der Waals surface area contributed by atoms with Gasteiger partial charge in [0.05, 0.1) is 18.4 Å². The fraction of sp³-hybridized carbons (Fsp3) is 0.400. The Bertz CT molecular complexity index is 639. The highest BCUT2D eigenvalue weighted by molar-refractivity contribution is 7.21. The number of ether oxygens (including phenoxy) is 1. The summed E-state index contributed by atoms with van der Waals surface area (Å²) in [6.45, 7) is 2.64. The fourth-order valence-corrected chi connectivity index (χ4v) is 3.13. The van der Waals surface area contributed by atoms with Crippen molar-refractivity contribution in [3.8, 4) is 0 Å². The van der Waals surface area contributed by atoms with E-state index in [1.807, 2.05) is 25.1 Å². The van der Waals surface area contributed by atoms with Gasteiger partial charge in [-0.1, -0.05) is 11.6 Å². The molecule has 0 aliphatic rings. The molecule has 0 saturated carbocycles. The lowest BCUT2D eigenvalue weighted by Gasteiger charge is -2.09. The SMILES string of the molecule is COCC(O)CCNC(=O)c1sc2ccc(C)cc2c1N. The van der Waals surface area contributed by atoms with Crippen molar-refractivity contribution in [2.75, 3.05) is 26.0 Å². The summed E-state index contributed by atoms with van der Waals surface area (Å²) >= 11 is 1.39. The highest BCUT2D eigenvalue weighted by Crippen LogP contribution is 2.34. The Morgan fingerprint density at radius 1 is 1.52 bits per heavy atom. The molecule has 1 aromatic carbocycles. The molecule has 4 N–H and O–H groups in total. The van der Waals surface area contributed by atoms with Crippen molar-refractivity contribution in [2.45, 2.75) is 19.4 Å². The maximum absolute atomic E-state index is 12.2. The number of aliphatic hydroxyl groups is 1. The first-order chi connectivity index (χ1) is 10.0. The van der Waals surface area contributed by atoms with Crippen LogP contribution in [0.4, 0.5) is 5.69 Å². The van der Waals surface area contributed by atoms with Gasteiger partial charge in [-0.15, -0.1) is 11.3 Å². The van der Waals surface area contributed by atoms with E-state index in [1.54, 1.807) is 0 Å². The molecule has 1 heterocycles. The maximum Gasteiger partial charge on any atom is 0.263 e. The topological polar surface area (TPSA) is 84.6 Å². The number of nitrogens with two attached hydrogens (primary N) is 1. The van der Waals surface area contributed by atoms with Gasteiger partial charge in [-0.3, -0.25) is 4.79 Å². The first-order valence-corrected chi connectivity index (χ1v) is 7.58. The first kappa shape index (κ1) is 15.8. The van der Waals surface area contributed by atoms with Gasteiger partial charge in [-0.25, -0.2) is 0 Å². The van der Waals surface area contributed by atoms with E-state index < -0.39 is 6.10 Å². The molecule has 2 rings (SSSR count). The van der Waals surface area contributed by atoms with Crippen LogP contribution >= 0.6 is 11.3 Å². The van der Waals surface area contributed by atoms with Crippen molar-refractivity contribution >= 4 is 33.0 Å². The van der Waals surface area contributed by atoms with Gasteiger partial charge < -0.3 is 20.9 Å². The lowest BCUT2D eigenvalue weighted by Crippen LogP contribution is -2.28. The summed E-state index contributed by atoms with van der Waals surface area (Å²) in [5.41, 5.74) is 7.70. The monoisotopic (exact) mass is 308 g/mol. The molecular formula is C15H20N2O3S. The third kappa shape index (κ3) is 3.72. The van der Waals surface area contributed by atoms with E-state index in [-0.39, 0.29) is 12.5 Å². The van der Waals surface area contributed by atoms with Crippen molar-refractivity contribution < 1.29 is 14.6 Å². The van der Waals surface area contributed by atoms with E-state index in [2.05, 4.69) is 5.32 Å². The van der Waals surface area contributed by atoms with Gasteiger partial charge >= 0.3 is 0 Å². The van der Waals surface area contributed by atoms with Crippen LogP contribution in [-0.4, -0.2) is 37.4 Å². The number of aliphatic hydroxyl groups excluding tert-OH is 1. The smallest absolute Gasteiger partial charge is 0.263 e. The van der Waals surface area contributed by atoms with Gasteiger partial charge in [0.2, 0.25) is 0 Å². The summed E-state index contributed by atoms with van der Waals surface area (Å²) in [4.78, 5) is 12.7. The molecule has 0 bridgehead atoms. The predicted molar refractivity (Wildman–Crippen MR) is 85.8 cm³/mol. The van der Waals surface area contributed by atoms with Gasteiger partial charge in [0, 0.05) is 23.7 Å². The van der Waals surface area contributed by atoms with Crippen LogP contribution in [0.15, 0.2) is 18.2 Å². The Kier molecular flexibility index (Phi) is 5.17. The number of hydrogen-bond donors (Lipinski definition) is 3. The molecule has 0 fully saturated rings. The lowest BCUT2D eigenvalue weighted by molar-refractivity contribution is 0.0588. The molecule has 0 aliphatic heterocycles. The van der Waals surface area contributed by atoms with Crippen LogP contribution in [0.2, 0.25) is 0 Å². The molecule has 0 saturated heterocycles. The number of fused-ring (bicyclic) bond motifs is 1. The van der Waals surface area contributed by atoms with Gasteiger partial charge in [-0.2, -0.15) is 0 Å². The number of thiophene rings is 1. The summed E-state index contributed by atoms with van der Waals surface area (Å²) < 4.78 is 5.84. The summed E-state index contributed by atoms with van der Waals surface area (Å²) in [6.07, 6.45) is -0.124. The van der Waals surface area contributed by atoms with Crippen LogP contribution in [0.25, 0.3) is 10.1 Å². The van der Waals surface area contributed by atoms with Crippen LogP contribution in [0.5, 0.6) is 0 Å². The number of nitrogen functional groups attached to an aromatic ring is 1. The molecule has 21 heavy (non-hydrogen) atoms. The van der Waals surface area contributed by atoms with E-state index in [4.69, 9.17) is 10.5 Å². The lowest BCUT2D eigenvalue weighted by atomic mass is 10.1. The highest BCUT2D eigenvalue weighted by Gasteiger charge is 2.16. The standard InChI is InChI=1S/C15H20N2O3S/c1-9-3-4-12-11(7-9)13(16)14(21-12)15(19)17-6-5-10(18)8-20-2/h3-4,7,10,18H,5-6,8,16H2,1-2H3,(H,17,19). The largest absolute Gasteiger partial charge is 0.397 e. The Hall–Kier alpha value is -1.63. The van der Waals surface area contributed by atoms with Crippen molar-refractivity contribution in [1.29, 1.82) is 0 Å². The molecule has 1 aromatic heterocycles. The molecule has 0 spiro atoms. The van der Waals surface area contributed by atoms with Crippen LogP contribution in [-0.2, 0) is 4.74 Å². The minimum absolute atomic E-state index is 0.198. The second kappa shape index (κ2) is 6.89. The average molecular weight is 308 g/mol. The molecule has 2 aromatic rings. The molecule has 1 amide bonds. The van der Waals surface area contributed by atoms with Gasteiger partial charge in [0.1, 0.15) is 4.88 Å². The predicted octanol–water partition coefficient (Wildman–Crippen LogP) is 1.92. The molecular weight excluding hydrogens is 288 g/mol. The number of nitrogens with one attached hydrogen (secondary N) is 1. The highest BCUT2D eigenvalue weighted by atomic mass is 32.1. The fourth-order valence-electron chi connectivity index (χ4n) is 2.11. The molecule has 6 heteroatoms. The zero-order chi connectivity index (χ0) is 15.4. The van der Waals surface area contributed by atoms with Crippen molar-refractivity contribution in [1.82, 2.24) is 5.32 Å². The summed E-state index contributed by atoms with van der Waals surface area (Å²) in [5.74, 6) is -0.198. The Balaban J connectivity index is 2.04. The molecule has 5 nitrogen and oxygen atoms in total. The summed E-state index contributed by atoms with van der Waals surface area (Å²) in [7, 11) is 1.53. The maximum atomic E-state index is 12.2. The third-order valence-electron chi connectivity index (χ3n) is 3.21. The van der Waals surface area contributed by atoms with Gasteiger partial charge in [0.25, 0.3) is 5.91 Å². The van der Waals surface area contributed by atoms with Crippen LogP contribution in [0.3, 0.4) is 0 Å². The molecule has 114 valence electrons. The van der Waals surface area contributed by atoms with E-state index in [0.717, 1.165) is 15.6 Å². The quantitative estimate of drug-likeness (QED) is 0.761. The number of hydrogen-bond acceptors (Lipinski definition) is 5. The number of rotatable bonds is 6. The number of anilines is 1. The Morgan fingerprint density at radius 3 is 3.00 bits per heavy atom. The van der Waals surface area contributed by atoms with Gasteiger partial charge in [-0.05, 0) is 25.5 Å². The molecule has 1 atom stereocenters. The minimum Gasteiger partial charge on any atom is -0.397 e. The van der Waals surface area contributed by atoms with Crippen molar-refractivity contribution in [2.24, 2.45) is 0 Å². The summed E-state index contributed by atoms with van der Waals surface area (Å²) in [5, 5.41) is 13.2. The Morgan fingerprint density at radius 2 is 2.29 bits per heavy atom. The normalized spacial score (nSPS) is 12.5. The van der Waals surface area contributed by atoms with E-state index in [0.29, 0.717) is 23.5 Å². The van der Waals surface area contributed by atoms with Crippen LogP contribution in [0.1, 0.15) is 21.7 Å². The number of amides is 1. The summed E-state index contributed by atoms with van der Waals surface area (Å²) in [6, 6.07) is 5.96. The molecule has 0 radical (unpaired) electrons. The van der Waals surface area contributed by atoms with E-state index in [9.17, 15) is 9.90 Å². The van der Waals surface area contributed by atoms with Crippen molar-refractivity contribution in [3.05, 3.63) is 28.6 Å². The first-order valence-electron chi connectivity index (χ1n) is 6.76. The molecule has 0 aliphatic carbocycles. The number of methoxy groups -OCH3 is 1. The number of benzene rings is 1. The van der Waals surface area contributed by atoms with Crippen molar-refractivity contribution in [3.63, 3.8) is 0 Å². The van der Waals surface area contributed by atoms with Crippen LogP contribution < -0.4 is 11.1 Å². The van der Waals surface area contributed by atoms with Gasteiger partial charge in [0.15, 0.2) is 0 Å². The zero-order valence-electron chi connectivity index (χ0n) is 12.2. The number of carbonyl (C=O) groups excluding carboxylic acids is 1. The second-order valence-corrected chi connectivity index (χ2v) is 6.05. The zero-order valence-corrected chi connectivity index (χ0v) is 13.0. The average Bonchev–Trinajstić information content (AvgIpc) is 2.76. The molecule has 1 unspecified atom stereocenters. The minimum atomic E-state index is -0.572. The second-order valence-electron chi connectivity index (χ2n) is 5.00. The number of aryl methyl sites for hydroxylation is 1. The Labute approximate surface area is 127 Å². The van der Waals surface area contributed by atoms with E-state index in [1.165, 1.54) is 18.4 Å². The third-order valence-corrected chi connectivity index (χ3v) is 4.40. The number of carbonyl (C=O) groups is 1. The van der Waals surface area contributed by atoms with E-state index >= 15 is 0 Å². The van der Waals surface area contributed by atoms with Crippen LogP contribution in [0, 0.1) is 6.92 Å².